The molecule has 1 aromatic heterocycles. The molecular formula is C16H16ClNO2S. The molecule has 0 saturated heterocycles. The highest BCUT2D eigenvalue weighted by Gasteiger charge is 2.39. The number of aliphatic carboxylic acids is 1. The zero-order chi connectivity index (χ0) is 15.0. The molecule has 0 fully saturated rings. The number of benzene rings is 1. The number of thiophene rings is 1. The van der Waals surface area contributed by atoms with Crippen molar-refractivity contribution in [2.45, 2.75) is 19.0 Å². The zero-order valence-electron chi connectivity index (χ0n) is 11.7. The molecule has 0 amide bonds. The van der Waals surface area contributed by atoms with Crippen LogP contribution in [0.25, 0.3) is 0 Å². The van der Waals surface area contributed by atoms with Crippen molar-refractivity contribution in [3.05, 3.63) is 56.7 Å². The number of hydrogen-bond acceptors (Lipinski definition) is 3. The van der Waals surface area contributed by atoms with Gasteiger partial charge in [0, 0.05) is 22.4 Å². The van der Waals surface area contributed by atoms with Crippen LogP contribution in [0.3, 0.4) is 0 Å². The Morgan fingerprint density at radius 2 is 2.14 bits per heavy atom. The average molecular weight is 322 g/mol. The van der Waals surface area contributed by atoms with Crippen molar-refractivity contribution in [3.8, 4) is 0 Å². The van der Waals surface area contributed by atoms with Crippen LogP contribution in [0.15, 0.2) is 35.7 Å². The number of likely N-dealkylation sites (N-methyl/N-ethyl adjacent to an activating group) is 1. The molecule has 2 atom stereocenters. The Labute approximate surface area is 133 Å². The SMILES string of the molecule is C[N+]1(C(C(=O)[O-])c2ccccc2Cl)CCc2sccc2C1. The van der Waals surface area contributed by atoms with Gasteiger partial charge in [-0.2, -0.15) is 0 Å². The number of carboxylic acid groups (broad SMARTS) is 1. The molecule has 21 heavy (non-hydrogen) atoms. The Hall–Kier alpha value is -1.36. The predicted molar refractivity (Wildman–Crippen MR) is 82.0 cm³/mol. The Morgan fingerprint density at radius 1 is 1.38 bits per heavy atom. The quantitative estimate of drug-likeness (QED) is 0.814. The summed E-state index contributed by atoms with van der Waals surface area (Å²) in [4.78, 5) is 13.2. The normalized spacial score (nSPS) is 22.6. The van der Waals surface area contributed by atoms with Crippen molar-refractivity contribution in [1.82, 2.24) is 0 Å². The molecule has 5 heteroatoms. The number of halogens is 1. The lowest BCUT2D eigenvalue weighted by molar-refractivity contribution is -0.947. The third-order valence-electron chi connectivity index (χ3n) is 4.27. The fraction of sp³-hybridized carbons (Fsp3) is 0.312. The van der Waals surface area contributed by atoms with Gasteiger partial charge in [-0.15, -0.1) is 11.3 Å². The Bertz CT molecular complexity index is 684. The molecule has 0 bridgehead atoms. The van der Waals surface area contributed by atoms with Crippen LogP contribution >= 0.6 is 22.9 Å². The Morgan fingerprint density at radius 3 is 2.86 bits per heavy atom. The monoisotopic (exact) mass is 321 g/mol. The minimum Gasteiger partial charge on any atom is -0.544 e. The summed E-state index contributed by atoms with van der Waals surface area (Å²) in [5.74, 6) is -1.07. The summed E-state index contributed by atoms with van der Waals surface area (Å²) in [6.45, 7) is 1.47. The number of carboxylic acids is 1. The molecule has 3 nitrogen and oxygen atoms in total. The van der Waals surface area contributed by atoms with Crippen molar-refractivity contribution in [2.24, 2.45) is 0 Å². The highest BCUT2D eigenvalue weighted by atomic mass is 35.5. The van der Waals surface area contributed by atoms with Gasteiger partial charge in [0.1, 0.15) is 12.5 Å². The number of carbonyl (C=O) groups excluding carboxylic acids is 1. The van der Waals surface area contributed by atoms with Gasteiger partial charge in [0.15, 0.2) is 6.04 Å². The zero-order valence-corrected chi connectivity index (χ0v) is 13.3. The first-order valence-electron chi connectivity index (χ1n) is 6.86. The molecule has 0 radical (unpaired) electrons. The van der Waals surface area contributed by atoms with E-state index in [4.69, 9.17) is 11.6 Å². The van der Waals surface area contributed by atoms with E-state index in [9.17, 15) is 9.90 Å². The number of nitrogens with zero attached hydrogens (tertiary/aromatic N) is 1. The minimum atomic E-state index is -1.07. The maximum Gasteiger partial charge on any atom is 0.156 e. The molecule has 1 aromatic carbocycles. The van der Waals surface area contributed by atoms with E-state index in [2.05, 4.69) is 11.4 Å². The second kappa shape index (κ2) is 5.44. The van der Waals surface area contributed by atoms with Crippen molar-refractivity contribution in [1.29, 1.82) is 0 Å². The van der Waals surface area contributed by atoms with E-state index < -0.39 is 12.0 Å². The third-order valence-corrected chi connectivity index (χ3v) is 5.63. The Balaban J connectivity index is 2.03. The summed E-state index contributed by atoms with van der Waals surface area (Å²) < 4.78 is 0.399. The van der Waals surface area contributed by atoms with E-state index in [-0.39, 0.29) is 0 Å². The summed E-state index contributed by atoms with van der Waals surface area (Å²) >= 11 is 7.97. The van der Waals surface area contributed by atoms with Crippen molar-refractivity contribution in [3.63, 3.8) is 0 Å². The first-order valence-corrected chi connectivity index (χ1v) is 8.12. The van der Waals surface area contributed by atoms with Crippen molar-refractivity contribution < 1.29 is 14.4 Å². The van der Waals surface area contributed by atoms with Gasteiger partial charge in [0.2, 0.25) is 0 Å². The first-order chi connectivity index (χ1) is 10.0. The van der Waals surface area contributed by atoms with E-state index in [0.29, 0.717) is 21.6 Å². The number of fused-ring (bicyclic) bond motifs is 1. The molecule has 2 heterocycles. The van der Waals surface area contributed by atoms with Gasteiger partial charge in [-0.3, -0.25) is 0 Å². The lowest BCUT2D eigenvalue weighted by Crippen LogP contribution is -2.55. The number of hydrogen-bond donors (Lipinski definition) is 0. The Kier molecular flexibility index (Phi) is 3.78. The first kappa shape index (κ1) is 14.6. The highest BCUT2D eigenvalue weighted by Crippen LogP contribution is 2.37. The van der Waals surface area contributed by atoms with Gasteiger partial charge in [-0.1, -0.05) is 29.8 Å². The van der Waals surface area contributed by atoms with E-state index in [0.717, 1.165) is 13.0 Å². The molecule has 0 saturated carbocycles. The summed E-state index contributed by atoms with van der Waals surface area (Å²) in [5.41, 5.74) is 1.88. The molecule has 0 spiro atoms. The lowest BCUT2D eigenvalue weighted by atomic mass is 9.98. The maximum atomic E-state index is 11.8. The third kappa shape index (κ3) is 2.59. The van der Waals surface area contributed by atoms with Crippen LogP contribution in [0.4, 0.5) is 0 Å². The fourth-order valence-corrected chi connectivity index (χ4v) is 4.32. The van der Waals surface area contributed by atoms with Gasteiger partial charge in [-0.05, 0) is 17.5 Å². The molecule has 1 aliphatic heterocycles. The number of rotatable bonds is 3. The predicted octanol–water partition coefficient (Wildman–Crippen LogP) is 2.40. The van der Waals surface area contributed by atoms with Crippen LogP contribution in [0.1, 0.15) is 22.0 Å². The minimum absolute atomic E-state index is 0.399. The van der Waals surface area contributed by atoms with Gasteiger partial charge in [-0.25, -0.2) is 0 Å². The fourth-order valence-electron chi connectivity index (χ4n) is 3.19. The van der Waals surface area contributed by atoms with Crippen LogP contribution in [-0.2, 0) is 17.8 Å². The highest BCUT2D eigenvalue weighted by molar-refractivity contribution is 7.10. The molecular weight excluding hydrogens is 306 g/mol. The van der Waals surface area contributed by atoms with Crippen LogP contribution in [0.2, 0.25) is 5.02 Å². The largest absolute Gasteiger partial charge is 0.544 e. The smallest absolute Gasteiger partial charge is 0.156 e. The van der Waals surface area contributed by atoms with Crippen LogP contribution in [-0.4, -0.2) is 24.0 Å². The molecule has 2 unspecified atom stereocenters. The topological polar surface area (TPSA) is 40.1 Å². The van der Waals surface area contributed by atoms with Crippen LogP contribution < -0.4 is 5.11 Å². The molecule has 3 rings (SSSR count). The maximum absolute atomic E-state index is 11.8. The van der Waals surface area contributed by atoms with Gasteiger partial charge >= 0.3 is 0 Å². The van der Waals surface area contributed by atoms with Gasteiger partial charge in [0.25, 0.3) is 0 Å². The molecule has 0 N–H and O–H groups in total. The number of carbonyl (C=O) groups is 1. The summed E-state index contributed by atoms with van der Waals surface area (Å²) in [6.07, 6.45) is 0.901. The molecule has 1 aliphatic rings. The standard InChI is InChI=1S/C16H16ClNO2S/c1-18(8-6-14-11(10-18)7-9-21-14)15(16(19)20)12-4-2-3-5-13(12)17/h2-5,7,9,15H,6,8,10H2,1H3. The summed E-state index contributed by atoms with van der Waals surface area (Å²) in [7, 11) is 1.98. The second-order valence-electron chi connectivity index (χ2n) is 5.72. The van der Waals surface area contributed by atoms with E-state index in [1.807, 2.05) is 19.2 Å². The van der Waals surface area contributed by atoms with E-state index >= 15 is 0 Å². The summed E-state index contributed by atoms with van der Waals surface area (Å²) in [5, 5.41) is 14.4. The van der Waals surface area contributed by atoms with Gasteiger partial charge in [0.05, 0.1) is 18.6 Å². The van der Waals surface area contributed by atoms with Gasteiger partial charge < -0.3 is 14.4 Å². The average Bonchev–Trinajstić information content (AvgIpc) is 2.87. The molecule has 0 aliphatic carbocycles. The van der Waals surface area contributed by atoms with E-state index in [1.165, 1.54) is 10.4 Å². The summed E-state index contributed by atoms with van der Waals surface area (Å²) in [6, 6.07) is 8.50. The lowest BCUT2D eigenvalue weighted by Gasteiger charge is -2.44. The molecule has 110 valence electrons. The van der Waals surface area contributed by atoms with Crippen molar-refractivity contribution in [2.75, 3.05) is 13.6 Å². The second-order valence-corrected chi connectivity index (χ2v) is 7.13. The molecule has 2 aromatic rings. The van der Waals surface area contributed by atoms with Crippen LogP contribution in [0, 0.1) is 0 Å². The van der Waals surface area contributed by atoms with E-state index in [1.54, 1.807) is 23.5 Å². The number of quaternary nitrogens is 1. The van der Waals surface area contributed by atoms with Crippen LogP contribution in [0.5, 0.6) is 0 Å². The van der Waals surface area contributed by atoms with Crippen molar-refractivity contribution >= 4 is 28.9 Å².